The molecule has 0 aliphatic rings. The van der Waals surface area contributed by atoms with Gasteiger partial charge in [0.05, 0.1) is 7.11 Å². The molecule has 0 bridgehead atoms. The molecule has 2 atom stereocenters. The number of hydrogen-bond donors (Lipinski definition) is 2. The molecule has 0 spiro atoms. The number of methoxy groups -OCH3 is 1. The Morgan fingerprint density at radius 1 is 1.45 bits per heavy atom. The van der Waals surface area contributed by atoms with Crippen molar-refractivity contribution in [3.8, 4) is 5.75 Å². The summed E-state index contributed by atoms with van der Waals surface area (Å²) in [5.41, 5.74) is 0.151. The molecule has 1 aromatic rings. The van der Waals surface area contributed by atoms with Gasteiger partial charge in [-0.3, -0.25) is 4.79 Å². The van der Waals surface area contributed by atoms with Gasteiger partial charge in [0.2, 0.25) is 0 Å². The van der Waals surface area contributed by atoms with Crippen molar-refractivity contribution in [2.75, 3.05) is 7.11 Å². The summed E-state index contributed by atoms with van der Waals surface area (Å²) in [5, 5.41) is 11.6. The van der Waals surface area contributed by atoms with Gasteiger partial charge in [-0.1, -0.05) is 20.3 Å². The summed E-state index contributed by atoms with van der Waals surface area (Å²) in [6.45, 7) is 3.58. The minimum atomic E-state index is -1.10. The maximum Gasteiger partial charge on any atom is 0.326 e. The van der Waals surface area contributed by atoms with Crippen LogP contribution >= 0.6 is 0 Å². The van der Waals surface area contributed by atoms with E-state index in [2.05, 4.69) is 5.32 Å². The smallest absolute Gasteiger partial charge is 0.326 e. The third-order valence-corrected chi connectivity index (χ3v) is 3.18. The summed E-state index contributed by atoms with van der Waals surface area (Å²) < 4.78 is 18.0. The second-order valence-corrected chi connectivity index (χ2v) is 4.52. The van der Waals surface area contributed by atoms with Crippen LogP contribution in [-0.4, -0.2) is 30.1 Å². The first kappa shape index (κ1) is 15.9. The number of ether oxygens (including phenoxy) is 1. The number of benzene rings is 1. The van der Waals surface area contributed by atoms with E-state index in [9.17, 15) is 14.0 Å². The fourth-order valence-corrected chi connectivity index (χ4v) is 1.71. The lowest BCUT2D eigenvalue weighted by atomic mass is 9.99. The summed E-state index contributed by atoms with van der Waals surface area (Å²) in [5.74, 6) is -2.52. The second-order valence-electron chi connectivity index (χ2n) is 4.52. The lowest BCUT2D eigenvalue weighted by Gasteiger charge is -2.20. The minimum Gasteiger partial charge on any atom is -0.494 e. The topological polar surface area (TPSA) is 75.6 Å². The number of carbonyl (C=O) groups is 2. The van der Waals surface area contributed by atoms with E-state index in [1.807, 2.05) is 6.92 Å². The van der Waals surface area contributed by atoms with Gasteiger partial charge in [0.1, 0.15) is 6.04 Å². The van der Waals surface area contributed by atoms with Crippen LogP contribution in [0, 0.1) is 11.7 Å². The van der Waals surface area contributed by atoms with Gasteiger partial charge < -0.3 is 15.2 Å². The predicted octanol–water partition coefficient (Wildman–Crippen LogP) is 2.06. The highest BCUT2D eigenvalue weighted by molar-refractivity contribution is 5.97. The molecule has 2 N–H and O–H groups in total. The molecule has 20 heavy (non-hydrogen) atoms. The Labute approximate surface area is 116 Å². The minimum absolute atomic E-state index is 0.0620. The molecule has 1 amide bonds. The quantitative estimate of drug-likeness (QED) is 0.838. The Morgan fingerprint density at radius 3 is 2.60 bits per heavy atom. The van der Waals surface area contributed by atoms with Gasteiger partial charge in [-0.25, -0.2) is 9.18 Å². The standard InChI is InChI=1S/C14H18FNO4/c1-4-8(2)12(14(18)19)16-13(17)9-5-6-10(15)11(7-9)20-3/h5-8,12H,4H2,1-3H3,(H,16,17)(H,18,19)/t8-,12-/m0/s1. The van der Waals surface area contributed by atoms with E-state index in [-0.39, 0.29) is 17.2 Å². The maximum absolute atomic E-state index is 13.3. The summed E-state index contributed by atoms with van der Waals surface area (Å²) in [7, 11) is 1.29. The molecule has 1 rings (SSSR count). The largest absolute Gasteiger partial charge is 0.494 e. The van der Waals surface area contributed by atoms with Crippen molar-refractivity contribution in [3.05, 3.63) is 29.6 Å². The van der Waals surface area contributed by atoms with Crippen molar-refractivity contribution in [2.24, 2.45) is 5.92 Å². The Hall–Kier alpha value is -2.11. The predicted molar refractivity (Wildman–Crippen MR) is 71.3 cm³/mol. The Kier molecular flexibility index (Phi) is 5.49. The van der Waals surface area contributed by atoms with Gasteiger partial charge in [-0.2, -0.15) is 0 Å². The number of hydrogen-bond acceptors (Lipinski definition) is 3. The Morgan fingerprint density at radius 2 is 2.10 bits per heavy atom. The van der Waals surface area contributed by atoms with Gasteiger partial charge in [0.15, 0.2) is 11.6 Å². The van der Waals surface area contributed by atoms with Crippen LogP contribution in [0.4, 0.5) is 4.39 Å². The number of carboxylic acid groups (broad SMARTS) is 1. The average Bonchev–Trinajstić information content (AvgIpc) is 2.43. The van der Waals surface area contributed by atoms with Crippen LogP contribution < -0.4 is 10.1 Å². The molecule has 0 saturated heterocycles. The first-order valence-electron chi connectivity index (χ1n) is 6.27. The SMILES string of the molecule is CC[C@H](C)[C@H](NC(=O)c1ccc(F)c(OC)c1)C(=O)O. The van der Waals surface area contributed by atoms with Crippen molar-refractivity contribution in [1.82, 2.24) is 5.32 Å². The van der Waals surface area contributed by atoms with Crippen molar-refractivity contribution in [1.29, 1.82) is 0 Å². The van der Waals surface area contributed by atoms with Crippen molar-refractivity contribution >= 4 is 11.9 Å². The molecule has 110 valence electrons. The molecule has 0 radical (unpaired) electrons. The highest BCUT2D eigenvalue weighted by Crippen LogP contribution is 2.18. The number of carbonyl (C=O) groups excluding carboxylic acids is 1. The molecule has 0 aromatic heterocycles. The number of aliphatic carboxylic acids is 1. The number of halogens is 1. The first-order valence-corrected chi connectivity index (χ1v) is 6.27. The Balaban J connectivity index is 2.92. The zero-order valence-electron chi connectivity index (χ0n) is 11.6. The molecule has 6 heteroatoms. The van der Waals surface area contributed by atoms with Crippen LogP contribution in [0.1, 0.15) is 30.6 Å². The van der Waals surface area contributed by atoms with Crippen LogP contribution in [0.3, 0.4) is 0 Å². The van der Waals surface area contributed by atoms with Crippen molar-refractivity contribution in [2.45, 2.75) is 26.3 Å². The van der Waals surface area contributed by atoms with E-state index < -0.39 is 23.7 Å². The van der Waals surface area contributed by atoms with Gasteiger partial charge in [-0.05, 0) is 24.1 Å². The molecule has 0 unspecified atom stereocenters. The van der Waals surface area contributed by atoms with Crippen LogP contribution in [0.2, 0.25) is 0 Å². The van der Waals surface area contributed by atoms with E-state index >= 15 is 0 Å². The molecule has 0 aliphatic carbocycles. The van der Waals surface area contributed by atoms with E-state index in [0.717, 1.165) is 6.07 Å². The third kappa shape index (κ3) is 3.69. The van der Waals surface area contributed by atoms with Gasteiger partial charge in [0, 0.05) is 5.56 Å². The van der Waals surface area contributed by atoms with E-state index in [4.69, 9.17) is 9.84 Å². The van der Waals surface area contributed by atoms with Gasteiger partial charge in [0.25, 0.3) is 5.91 Å². The molecule has 5 nitrogen and oxygen atoms in total. The molecular formula is C14H18FNO4. The fraction of sp³-hybridized carbons (Fsp3) is 0.429. The van der Waals surface area contributed by atoms with Crippen LogP contribution in [-0.2, 0) is 4.79 Å². The molecule has 0 aliphatic heterocycles. The number of amides is 1. The highest BCUT2D eigenvalue weighted by atomic mass is 19.1. The lowest BCUT2D eigenvalue weighted by molar-refractivity contribution is -0.140. The number of nitrogens with one attached hydrogen (secondary N) is 1. The summed E-state index contributed by atoms with van der Waals surface area (Å²) in [6, 6.07) is 2.64. The summed E-state index contributed by atoms with van der Waals surface area (Å²) in [6.07, 6.45) is 0.615. The second kappa shape index (κ2) is 6.88. The van der Waals surface area contributed by atoms with E-state index in [0.29, 0.717) is 6.42 Å². The summed E-state index contributed by atoms with van der Waals surface area (Å²) >= 11 is 0. The van der Waals surface area contributed by atoms with E-state index in [1.165, 1.54) is 19.2 Å². The third-order valence-electron chi connectivity index (χ3n) is 3.18. The van der Waals surface area contributed by atoms with Crippen molar-refractivity contribution < 1.29 is 23.8 Å². The summed E-state index contributed by atoms with van der Waals surface area (Å²) in [4.78, 5) is 23.2. The fourth-order valence-electron chi connectivity index (χ4n) is 1.71. The first-order chi connectivity index (χ1) is 9.40. The molecule has 0 heterocycles. The molecular weight excluding hydrogens is 265 g/mol. The molecule has 0 saturated carbocycles. The van der Waals surface area contributed by atoms with Crippen molar-refractivity contribution in [3.63, 3.8) is 0 Å². The van der Waals surface area contributed by atoms with E-state index in [1.54, 1.807) is 6.92 Å². The van der Waals surface area contributed by atoms with Crippen LogP contribution in [0.25, 0.3) is 0 Å². The molecule has 0 fully saturated rings. The maximum atomic E-state index is 13.3. The lowest BCUT2D eigenvalue weighted by Crippen LogP contribution is -2.45. The Bertz CT molecular complexity index is 504. The zero-order chi connectivity index (χ0) is 15.3. The zero-order valence-corrected chi connectivity index (χ0v) is 11.6. The number of carboxylic acids is 1. The highest BCUT2D eigenvalue weighted by Gasteiger charge is 2.26. The molecule has 1 aromatic carbocycles. The van der Waals surface area contributed by atoms with Crippen LogP contribution in [0.5, 0.6) is 5.75 Å². The monoisotopic (exact) mass is 283 g/mol. The number of rotatable bonds is 6. The van der Waals surface area contributed by atoms with Crippen LogP contribution in [0.15, 0.2) is 18.2 Å². The van der Waals surface area contributed by atoms with Gasteiger partial charge >= 0.3 is 5.97 Å². The normalized spacial score (nSPS) is 13.4. The van der Waals surface area contributed by atoms with Gasteiger partial charge in [-0.15, -0.1) is 0 Å². The average molecular weight is 283 g/mol.